The van der Waals surface area contributed by atoms with Crippen molar-refractivity contribution in [3.63, 3.8) is 0 Å². The van der Waals surface area contributed by atoms with E-state index < -0.39 is 5.97 Å². The quantitative estimate of drug-likeness (QED) is 0.804. The number of ether oxygens (including phenoxy) is 1. The lowest BCUT2D eigenvalue weighted by Gasteiger charge is -2.12. The van der Waals surface area contributed by atoms with E-state index in [1.807, 2.05) is 11.6 Å². The number of rotatable bonds is 4. The fourth-order valence-electron chi connectivity index (χ4n) is 2.74. The van der Waals surface area contributed by atoms with Gasteiger partial charge in [0.1, 0.15) is 5.56 Å². The van der Waals surface area contributed by atoms with Gasteiger partial charge in [0.05, 0.1) is 17.9 Å². The van der Waals surface area contributed by atoms with E-state index in [1.165, 1.54) is 12.8 Å². The molecule has 0 aromatic carbocycles. The third-order valence-electron chi connectivity index (χ3n) is 3.83. The first-order chi connectivity index (χ1) is 10.1. The second-order valence-corrected chi connectivity index (χ2v) is 5.34. The van der Waals surface area contributed by atoms with Crippen LogP contribution in [0.5, 0.6) is 0 Å². The third-order valence-corrected chi connectivity index (χ3v) is 3.83. The summed E-state index contributed by atoms with van der Waals surface area (Å²) in [5, 5.41) is 7.99. The summed E-state index contributed by atoms with van der Waals surface area (Å²) >= 11 is 0. The predicted molar refractivity (Wildman–Crippen MR) is 72.6 cm³/mol. The van der Waals surface area contributed by atoms with Crippen LogP contribution in [0.4, 0.5) is 0 Å². The van der Waals surface area contributed by atoms with Crippen molar-refractivity contribution in [2.75, 3.05) is 0 Å². The number of esters is 1. The Hall–Kier alpha value is -2.18. The SMILES string of the molecule is Cc1noc(COC(=O)c2cnn(C3CCCC3)c2C)n1. The van der Waals surface area contributed by atoms with E-state index in [9.17, 15) is 4.79 Å². The summed E-state index contributed by atoms with van der Waals surface area (Å²) in [7, 11) is 0. The zero-order valence-electron chi connectivity index (χ0n) is 12.2. The standard InChI is InChI=1S/C14H18N4O3/c1-9-12(7-15-18(9)11-5-3-4-6-11)14(19)20-8-13-16-10(2)17-21-13/h7,11H,3-6,8H2,1-2H3. The zero-order valence-corrected chi connectivity index (χ0v) is 12.2. The summed E-state index contributed by atoms with van der Waals surface area (Å²) in [6.07, 6.45) is 6.27. The van der Waals surface area contributed by atoms with E-state index in [4.69, 9.17) is 9.26 Å². The molecule has 1 fully saturated rings. The molecule has 21 heavy (non-hydrogen) atoms. The average Bonchev–Trinajstić information content (AvgIpc) is 3.17. The lowest BCUT2D eigenvalue weighted by atomic mass is 10.2. The van der Waals surface area contributed by atoms with E-state index in [2.05, 4.69) is 15.2 Å². The molecule has 0 atom stereocenters. The molecule has 112 valence electrons. The van der Waals surface area contributed by atoms with Gasteiger partial charge >= 0.3 is 5.97 Å². The highest BCUT2D eigenvalue weighted by Gasteiger charge is 2.23. The molecule has 1 aliphatic carbocycles. The molecule has 0 spiro atoms. The monoisotopic (exact) mass is 290 g/mol. The highest BCUT2D eigenvalue weighted by molar-refractivity contribution is 5.90. The van der Waals surface area contributed by atoms with Crippen LogP contribution in [0.15, 0.2) is 10.7 Å². The number of aryl methyl sites for hydroxylation is 1. The van der Waals surface area contributed by atoms with Crippen molar-refractivity contribution in [1.82, 2.24) is 19.9 Å². The molecule has 1 aliphatic rings. The molecule has 0 aliphatic heterocycles. The maximum Gasteiger partial charge on any atom is 0.342 e. The first-order valence-electron chi connectivity index (χ1n) is 7.15. The molecule has 7 nitrogen and oxygen atoms in total. The van der Waals surface area contributed by atoms with E-state index in [0.29, 0.717) is 23.3 Å². The largest absolute Gasteiger partial charge is 0.452 e. The van der Waals surface area contributed by atoms with Crippen LogP contribution >= 0.6 is 0 Å². The number of aromatic nitrogens is 4. The molecule has 0 radical (unpaired) electrons. The van der Waals surface area contributed by atoms with E-state index >= 15 is 0 Å². The smallest absolute Gasteiger partial charge is 0.342 e. The maximum absolute atomic E-state index is 12.1. The number of nitrogens with zero attached hydrogens (tertiary/aromatic N) is 4. The predicted octanol–water partition coefficient (Wildman–Crippen LogP) is 2.36. The number of carbonyl (C=O) groups excluding carboxylic acids is 1. The molecule has 3 rings (SSSR count). The Morgan fingerprint density at radius 2 is 2.19 bits per heavy atom. The molecule has 0 saturated heterocycles. The number of hydrogen-bond acceptors (Lipinski definition) is 6. The fourth-order valence-corrected chi connectivity index (χ4v) is 2.74. The van der Waals surface area contributed by atoms with Crippen LogP contribution in [0.25, 0.3) is 0 Å². The fraction of sp³-hybridized carbons (Fsp3) is 0.571. The van der Waals surface area contributed by atoms with Gasteiger partial charge in [0, 0.05) is 0 Å². The van der Waals surface area contributed by atoms with Crippen LogP contribution in [0.3, 0.4) is 0 Å². The Labute approximate surface area is 122 Å². The van der Waals surface area contributed by atoms with Crippen LogP contribution in [-0.4, -0.2) is 25.9 Å². The van der Waals surface area contributed by atoms with E-state index in [-0.39, 0.29) is 6.61 Å². The van der Waals surface area contributed by atoms with Crippen LogP contribution < -0.4 is 0 Å². The Balaban J connectivity index is 1.67. The topological polar surface area (TPSA) is 83.0 Å². The summed E-state index contributed by atoms with van der Waals surface area (Å²) in [6.45, 7) is 3.59. The Bertz CT molecular complexity index is 640. The van der Waals surface area contributed by atoms with Gasteiger partial charge in [0.2, 0.25) is 0 Å². The molecular weight excluding hydrogens is 272 g/mol. The Morgan fingerprint density at radius 1 is 1.43 bits per heavy atom. The zero-order chi connectivity index (χ0) is 14.8. The van der Waals surface area contributed by atoms with Crippen LogP contribution in [0.1, 0.15) is 59.5 Å². The second-order valence-electron chi connectivity index (χ2n) is 5.34. The molecule has 0 bridgehead atoms. The van der Waals surface area contributed by atoms with E-state index in [1.54, 1.807) is 13.1 Å². The lowest BCUT2D eigenvalue weighted by molar-refractivity contribution is 0.0428. The lowest BCUT2D eigenvalue weighted by Crippen LogP contribution is -2.11. The molecule has 2 aromatic rings. The minimum atomic E-state index is -0.410. The number of hydrogen-bond donors (Lipinski definition) is 0. The van der Waals surface area contributed by atoms with Crippen molar-refractivity contribution in [3.8, 4) is 0 Å². The van der Waals surface area contributed by atoms with Gasteiger partial charge in [-0.05, 0) is 26.7 Å². The van der Waals surface area contributed by atoms with Crippen molar-refractivity contribution >= 4 is 5.97 Å². The van der Waals surface area contributed by atoms with Crippen molar-refractivity contribution in [2.24, 2.45) is 0 Å². The normalized spacial score (nSPS) is 15.5. The van der Waals surface area contributed by atoms with Gasteiger partial charge in [-0.15, -0.1) is 0 Å². The molecule has 0 unspecified atom stereocenters. The summed E-state index contributed by atoms with van der Waals surface area (Å²) in [5.41, 5.74) is 1.35. The second kappa shape index (κ2) is 5.67. The van der Waals surface area contributed by atoms with Gasteiger partial charge < -0.3 is 9.26 Å². The first-order valence-corrected chi connectivity index (χ1v) is 7.15. The summed E-state index contributed by atoms with van der Waals surface area (Å²) in [6, 6.07) is 0.408. The van der Waals surface area contributed by atoms with Crippen LogP contribution in [0.2, 0.25) is 0 Å². The summed E-state index contributed by atoms with van der Waals surface area (Å²) in [4.78, 5) is 16.1. The molecule has 2 heterocycles. The maximum atomic E-state index is 12.1. The molecule has 1 saturated carbocycles. The van der Waals surface area contributed by atoms with Gasteiger partial charge in [-0.1, -0.05) is 18.0 Å². The van der Waals surface area contributed by atoms with E-state index in [0.717, 1.165) is 18.5 Å². The molecule has 0 N–H and O–H groups in total. The minimum absolute atomic E-state index is 0.0201. The average molecular weight is 290 g/mol. The number of carbonyl (C=O) groups is 1. The van der Waals surface area contributed by atoms with Gasteiger partial charge in [0.25, 0.3) is 5.89 Å². The minimum Gasteiger partial charge on any atom is -0.452 e. The van der Waals surface area contributed by atoms with Gasteiger partial charge in [-0.25, -0.2) is 4.79 Å². The molecule has 0 amide bonds. The highest BCUT2D eigenvalue weighted by atomic mass is 16.6. The van der Waals surface area contributed by atoms with Crippen molar-refractivity contribution in [2.45, 2.75) is 52.2 Å². The van der Waals surface area contributed by atoms with Crippen LogP contribution in [-0.2, 0) is 11.3 Å². The summed E-state index contributed by atoms with van der Waals surface area (Å²) in [5.74, 6) is 0.403. The van der Waals surface area contributed by atoms with Crippen molar-refractivity contribution in [1.29, 1.82) is 0 Å². The van der Waals surface area contributed by atoms with Gasteiger partial charge in [0.15, 0.2) is 12.4 Å². The first kappa shape index (κ1) is 13.8. The van der Waals surface area contributed by atoms with Gasteiger partial charge in [-0.2, -0.15) is 10.1 Å². The molecule has 2 aromatic heterocycles. The molecular formula is C14H18N4O3. The Morgan fingerprint density at radius 3 is 2.86 bits per heavy atom. The summed E-state index contributed by atoms with van der Waals surface area (Å²) < 4.78 is 12.0. The van der Waals surface area contributed by atoms with Gasteiger partial charge in [-0.3, -0.25) is 4.68 Å². The van der Waals surface area contributed by atoms with Crippen molar-refractivity contribution < 1.29 is 14.1 Å². The Kier molecular flexibility index (Phi) is 3.72. The third kappa shape index (κ3) is 2.81. The highest BCUT2D eigenvalue weighted by Crippen LogP contribution is 2.30. The molecule has 7 heteroatoms. The van der Waals surface area contributed by atoms with Crippen LogP contribution in [0, 0.1) is 13.8 Å². The van der Waals surface area contributed by atoms with Crippen molar-refractivity contribution in [3.05, 3.63) is 29.2 Å².